The van der Waals surface area contributed by atoms with Gasteiger partial charge in [-0.3, -0.25) is 24.1 Å². The lowest BCUT2D eigenvalue weighted by Gasteiger charge is -2.50. The lowest BCUT2D eigenvalue weighted by atomic mass is 9.56. The Morgan fingerprint density at radius 3 is 2.22 bits per heavy atom. The molecular formula is C31H29Cl2FN2O5. The van der Waals surface area contributed by atoms with E-state index in [4.69, 9.17) is 23.2 Å². The molecular weight excluding hydrogens is 570 g/mol. The quantitative estimate of drug-likeness (QED) is 0.291. The number of aromatic hydroxyl groups is 1. The summed E-state index contributed by atoms with van der Waals surface area (Å²) >= 11 is 14.6. The van der Waals surface area contributed by atoms with Crippen LogP contribution in [0.15, 0.2) is 54.1 Å². The normalized spacial score (nSPS) is 33.1. The van der Waals surface area contributed by atoms with Gasteiger partial charge in [0.2, 0.25) is 11.8 Å². The number of amides is 4. The van der Waals surface area contributed by atoms with Gasteiger partial charge in [0.05, 0.1) is 17.5 Å². The highest BCUT2D eigenvalue weighted by Crippen LogP contribution is 2.66. The van der Waals surface area contributed by atoms with Crippen LogP contribution in [0.5, 0.6) is 5.75 Å². The van der Waals surface area contributed by atoms with Gasteiger partial charge in [0.15, 0.2) is 9.75 Å². The molecule has 0 aromatic heterocycles. The number of likely N-dealkylation sites (tertiary alicyclic amines) is 1. The molecule has 7 nitrogen and oxygen atoms in total. The molecule has 2 aromatic rings. The van der Waals surface area contributed by atoms with Crippen LogP contribution >= 0.6 is 23.2 Å². The maximum absolute atomic E-state index is 14.3. The summed E-state index contributed by atoms with van der Waals surface area (Å²) in [6.07, 6.45) is 2.00. The van der Waals surface area contributed by atoms with Gasteiger partial charge in [-0.25, -0.2) is 9.29 Å². The van der Waals surface area contributed by atoms with E-state index in [-0.39, 0.29) is 36.1 Å². The summed E-state index contributed by atoms with van der Waals surface area (Å²) in [6.45, 7) is 7.09. The van der Waals surface area contributed by atoms with Crippen LogP contribution in [0.1, 0.15) is 50.7 Å². The molecule has 1 saturated carbocycles. The molecule has 2 saturated heterocycles. The largest absolute Gasteiger partial charge is 0.508 e. The van der Waals surface area contributed by atoms with Crippen molar-refractivity contribution in [3.8, 4) is 5.75 Å². The first kappa shape index (κ1) is 27.9. The Hall–Kier alpha value is -3.23. The molecule has 41 heavy (non-hydrogen) atoms. The molecule has 2 aliphatic heterocycles. The molecule has 4 aliphatic rings. The van der Waals surface area contributed by atoms with E-state index in [0.29, 0.717) is 16.7 Å². The second kappa shape index (κ2) is 8.88. The zero-order valence-corrected chi connectivity index (χ0v) is 24.5. The van der Waals surface area contributed by atoms with Crippen LogP contribution in [-0.4, -0.2) is 48.9 Å². The molecule has 6 atom stereocenters. The summed E-state index contributed by atoms with van der Waals surface area (Å²) in [6, 6.07) is 9.70. The first-order chi connectivity index (χ1) is 19.1. The Balaban J connectivity index is 1.56. The third-order valence-electron chi connectivity index (χ3n) is 9.12. The molecule has 0 unspecified atom stereocenters. The van der Waals surface area contributed by atoms with Crippen molar-refractivity contribution in [2.45, 2.75) is 61.7 Å². The SMILES string of the molecule is Cc1cc([C@H]2C3=CC[C@@H]4C(=O)N(C(C)(C)C)C(=O)[C@@H]4[C@@H]3C[C@@]3(Cl)C(=O)N(c4ccc(F)cc4)C(=O)[C@@]23Cl)ccc1O. The Morgan fingerprint density at radius 1 is 0.951 bits per heavy atom. The number of aryl methyl sites for hydroxylation is 1. The van der Waals surface area contributed by atoms with Crippen LogP contribution in [0.2, 0.25) is 0 Å². The number of halogens is 3. The summed E-state index contributed by atoms with van der Waals surface area (Å²) in [4.78, 5) is 54.1. The van der Waals surface area contributed by atoms with Crippen molar-refractivity contribution in [3.63, 3.8) is 0 Å². The van der Waals surface area contributed by atoms with Gasteiger partial charge >= 0.3 is 0 Å². The molecule has 3 fully saturated rings. The Labute approximate surface area is 246 Å². The monoisotopic (exact) mass is 598 g/mol. The highest BCUT2D eigenvalue weighted by molar-refractivity contribution is 6.58. The fourth-order valence-corrected chi connectivity index (χ4v) is 8.23. The summed E-state index contributed by atoms with van der Waals surface area (Å²) < 4.78 is 13.7. The molecule has 2 heterocycles. The maximum Gasteiger partial charge on any atom is 0.258 e. The van der Waals surface area contributed by atoms with Gasteiger partial charge in [-0.1, -0.05) is 23.8 Å². The summed E-state index contributed by atoms with van der Waals surface area (Å²) in [5.74, 6) is -5.63. The molecule has 2 aromatic carbocycles. The number of alkyl halides is 2. The van der Waals surface area contributed by atoms with Gasteiger partial charge in [-0.05, 0) is 87.9 Å². The van der Waals surface area contributed by atoms with E-state index in [0.717, 1.165) is 17.0 Å². The van der Waals surface area contributed by atoms with E-state index < -0.39 is 56.6 Å². The number of benzene rings is 2. The molecule has 0 radical (unpaired) electrons. The van der Waals surface area contributed by atoms with Crippen molar-refractivity contribution in [1.29, 1.82) is 0 Å². The predicted molar refractivity (Wildman–Crippen MR) is 151 cm³/mol. The first-order valence-electron chi connectivity index (χ1n) is 13.5. The highest BCUT2D eigenvalue weighted by atomic mass is 35.5. The standard InChI is InChI=1S/C31H29Cl2FN2O5/c1-15-13-16(5-12-22(15)37)24-19-10-11-20-23(26(39)36(25(20)38)29(2,3)4)21(19)14-30(32)27(40)35(28(41)31(24,30)33)18-8-6-17(34)7-9-18/h5-10,12-13,20-21,23-24,37H,11,14H2,1-4H3/t20-,21+,23-,24-,30+,31-/m0/s1. The van der Waals surface area contributed by atoms with Crippen LogP contribution in [0.3, 0.4) is 0 Å². The Kier molecular flexibility index (Phi) is 6.05. The summed E-state index contributed by atoms with van der Waals surface area (Å²) in [7, 11) is 0. The van der Waals surface area contributed by atoms with Gasteiger partial charge < -0.3 is 5.11 Å². The van der Waals surface area contributed by atoms with Gasteiger partial charge in [0, 0.05) is 11.5 Å². The third kappa shape index (κ3) is 3.62. The van der Waals surface area contributed by atoms with E-state index in [1.54, 1.807) is 39.8 Å². The van der Waals surface area contributed by atoms with E-state index >= 15 is 0 Å². The molecule has 1 N–H and O–H groups in total. The minimum atomic E-state index is -2.01. The topological polar surface area (TPSA) is 95.0 Å². The minimum absolute atomic E-state index is 0.0405. The van der Waals surface area contributed by atoms with Gasteiger partial charge in [0.25, 0.3) is 11.8 Å². The van der Waals surface area contributed by atoms with Crippen molar-refractivity contribution in [2.75, 3.05) is 4.90 Å². The lowest BCUT2D eigenvalue weighted by molar-refractivity contribution is -0.145. The van der Waals surface area contributed by atoms with Crippen molar-refractivity contribution in [1.82, 2.24) is 4.90 Å². The van der Waals surface area contributed by atoms with Crippen LogP contribution in [0.25, 0.3) is 0 Å². The minimum Gasteiger partial charge on any atom is -0.508 e. The number of carbonyl (C=O) groups excluding carboxylic acids is 4. The van der Waals surface area contributed by atoms with Crippen molar-refractivity contribution in [3.05, 3.63) is 71.1 Å². The third-order valence-corrected chi connectivity index (χ3v) is 10.5. The zero-order chi connectivity index (χ0) is 29.8. The van der Waals surface area contributed by atoms with Crippen LogP contribution < -0.4 is 4.90 Å². The molecule has 2 aliphatic carbocycles. The number of phenols is 1. The molecule has 214 valence electrons. The first-order valence-corrected chi connectivity index (χ1v) is 14.3. The molecule has 6 rings (SSSR count). The van der Waals surface area contributed by atoms with E-state index in [9.17, 15) is 28.7 Å². The van der Waals surface area contributed by atoms with Crippen LogP contribution in [-0.2, 0) is 19.2 Å². The Morgan fingerprint density at radius 2 is 1.61 bits per heavy atom. The second-order valence-corrected chi connectivity index (χ2v) is 13.7. The lowest BCUT2D eigenvalue weighted by Crippen LogP contribution is -2.60. The number of hydrogen-bond acceptors (Lipinski definition) is 5. The average Bonchev–Trinajstić information content (AvgIpc) is 3.25. The number of phenolic OH excluding ortho intramolecular Hbond substituents is 1. The molecule has 0 spiro atoms. The van der Waals surface area contributed by atoms with E-state index in [2.05, 4.69) is 0 Å². The highest BCUT2D eigenvalue weighted by Gasteiger charge is 2.76. The van der Waals surface area contributed by atoms with E-state index in [1.807, 2.05) is 6.08 Å². The van der Waals surface area contributed by atoms with Crippen molar-refractivity contribution in [2.24, 2.45) is 17.8 Å². The van der Waals surface area contributed by atoms with Crippen LogP contribution in [0.4, 0.5) is 10.1 Å². The summed E-state index contributed by atoms with van der Waals surface area (Å²) in [5.41, 5.74) is 1.11. The van der Waals surface area contributed by atoms with Gasteiger partial charge in [-0.2, -0.15) is 0 Å². The Bertz CT molecular complexity index is 1570. The van der Waals surface area contributed by atoms with Crippen molar-refractivity contribution < 1.29 is 28.7 Å². The van der Waals surface area contributed by atoms with E-state index in [1.165, 1.54) is 23.1 Å². The number of anilines is 1. The number of fused-ring (bicyclic) bond motifs is 4. The smallest absolute Gasteiger partial charge is 0.258 e. The zero-order valence-electron chi connectivity index (χ0n) is 23.0. The number of allylic oxidation sites excluding steroid dienone is 2. The average molecular weight is 599 g/mol. The fourth-order valence-electron chi connectivity index (χ4n) is 7.29. The predicted octanol–water partition coefficient (Wildman–Crippen LogP) is 5.20. The number of carbonyl (C=O) groups is 4. The fraction of sp³-hybridized carbons (Fsp3) is 0.419. The number of imide groups is 2. The molecule has 4 amide bonds. The van der Waals surface area contributed by atoms with Crippen LogP contribution in [0, 0.1) is 30.5 Å². The molecule has 10 heteroatoms. The molecule has 0 bridgehead atoms. The number of hydrogen-bond donors (Lipinski definition) is 1. The second-order valence-electron chi connectivity index (χ2n) is 12.5. The number of rotatable bonds is 2. The van der Waals surface area contributed by atoms with Gasteiger partial charge in [0.1, 0.15) is 11.6 Å². The van der Waals surface area contributed by atoms with Crippen molar-refractivity contribution >= 4 is 52.5 Å². The van der Waals surface area contributed by atoms with Gasteiger partial charge in [-0.15, -0.1) is 23.2 Å². The maximum atomic E-state index is 14.3. The number of nitrogens with zero attached hydrogens (tertiary/aromatic N) is 2. The summed E-state index contributed by atoms with van der Waals surface area (Å²) in [5, 5.41) is 10.3.